The summed E-state index contributed by atoms with van der Waals surface area (Å²) in [6.07, 6.45) is -4.88. The molecule has 0 fully saturated rings. The Morgan fingerprint density at radius 3 is 2.03 bits per heavy atom. The molecule has 0 spiro atoms. The highest BCUT2D eigenvalue weighted by Crippen LogP contribution is 2.29. The molecule has 0 aliphatic heterocycles. The van der Waals surface area contributed by atoms with E-state index in [9.17, 15) is 22.8 Å². The van der Waals surface area contributed by atoms with Crippen LogP contribution >= 0.6 is 0 Å². The van der Waals surface area contributed by atoms with Crippen LogP contribution in [0.3, 0.4) is 0 Å². The monoisotopic (exact) mass is 422 g/mol. The van der Waals surface area contributed by atoms with Gasteiger partial charge in [0.05, 0.1) is 5.54 Å². The molecule has 0 atom stereocenters. The first kappa shape index (κ1) is 23.3. The number of alkyl halides is 3. The van der Waals surface area contributed by atoms with Crippen molar-refractivity contribution in [1.29, 1.82) is 0 Å². The number of amides is 2. The van der Waals surface area contributed by atoms with E-state index >= 15 is 0 Å². The van der Waals surface area contributed by atoms with Gasteiger partial charge in [-0.3, -0.25) is 15.0 Å². The second-order valence-corrected chi connectivity index (χ2v) is 8.11. The van der Waals surface area contributed by atoms with Crippen molar-refractivity contribution in [3.05, 3.63) is 64.2 Å². The highest BCUT2D eigenvalue weighted by Gasteiger charge is 2.34. The van der Waals surface area contributed by atoms with Crippen molar-refractivity contribution in [2.24, 2.45) is 0 Å². The number of nitrogens with one attached hydrogen (secondary N) is 1. The van der Waals surface area contributed by atoms with Crippen LogP contribution in [0.15, 0.2) is 36.4 Å². The molecule has 5 nitrogen and oxygen atoms in total. The highest BCUT2D eigenvalue weighted by atomic mass is 19.4. The largest absolute Gasteiger partial charge is 0.573 e. The number of ether oxygens (including phenoxy) is 1. The molecule has 2 rings (SSSR count). The Morgan fingerprint density at radius 1 is 0.967 bits per heavy atom. The van der Waals surface area contributed by atoms with Crippen molar-refractivity contribution in [2.75, 3.05) is 0 Å². The number of carbonyl (C=O) groups excluding carboxylic acids is 2. The molecule has 0 unspecified atom stereocenters. The number of aryl methyl sites for hydroxylation is 2. The van der Waals surface area contributed by atoms with Gasteiger partial charge in [-0.15, -0.1) is 13.2 Å². The average molecular weight is 422 g/mol. The Hall–Kier alpha value is -3.03. The maximum atomic E-state index is 13.2. The van der Waals surface area contributed by atoms with Gasteiger partial charge < -0.3 is 4.74 Å². The average Bonchev–Trinajstić information content (AvgIpc) is 2.57. The summed E-state index contributed by atoms with van der Waals surface area (Å²) in [5, 5.41) is 1.12. The first-order chi connectivity index (χ1) is 13.7. The molecule has 30 heavy (non-hydrogen) atoms. The zero-order chi connectivity index (χ0) is 22.9. The Bertz CT molecular complexity index is 943. The fourth-order valence-electron chi connectivity index (χ4n) is 3.00. The van der Waals surface area contributed by atoms with Crippen molar-refractivity contribution >= 4 is 11.8 Å². The Labute approximate surface area is 173 Å². The molecule has 2 aromatic rings. The van der Waals surface area contributed by atoms with E-state index in [1.165, 1.54) is 19.1 Å². The molecule has 0 radical (unpaired) electrons. The van der Waals surface area contributed by atoms with Crippen molar-refractivity contribution in [3.8, 4) is 5.75 Å². The van der Waals surface area contributed by atoms with Gasteiger partial charge in [0.15, 0.2) is 0 Å². The third-order valence-corrected chi connectivity index (χ3v) is 4.31. The Morgan fingerprint density at radius 2 is 1.53 bits per heavy atom. The molecule has 0 saturated heterocycles. The summed E-state index contributed by atoms with van der Waals surface area (Å²) in [7, 11) is 0. The van der Waals surface area contributed by atoms with Crippen LogP contribution in [0.1, 0.15) is 58.2 Å². The number of hydrogen-bond donors (Lipinski definition) is 1. The van der Waals surface area contributed by atoms with E-state index < -0.39 is 29.5 Å². The topological polar surface area (TPSA) is 58.6 Å². The normalized spacial score (nSPS) is 11.8. The minimum atomic E-state index is -4.88. The van der Waals surface area contributed by atoms with Gasteiger partial charge in [0, 0.05) is 16.7 Å². The van der Waals surface area contributed by atoms with Gasteiger partial charge in [0.2, 0.25) is 0 Å². The first-order valence-corrected chi connectivity index (χ1v) is 9.28. The second kappa shape index (κ2) is 8.38. The summed E-state index contributed by atoms with van der Waals surface area (Å²) < 4.78 is 42.0. The van der Waals surface area contributed by atoms with Crippen LogP contribution in [0.2, 0.25) is 0 Å². The highest BCUT2D eigenvalue weighted by molar-refractivity contribution is 6.00. The molecule has 0 aromatic heterocycles. The number of nitrogens with zero attached hydrogens (tertiary/aromatic N) is 1. The molecule has 0 aliphatic rings. The van der Waals surface area contributed by atoms with Crippen LogP contribution in [0, 0.1) is 20.8 Å². The van der Waals surface area contributed by atoms with E-state index in [4.69, 9.17) is 0 Å². The summed E-state index contributed by atoms with van der Waals surface area (Å²) in [6, 6.07) is 9.12. The van der Waals surface area contributed by atoms with Gasteiger partial charge in [-0.25, -0.2) is 5.01 Å². The van der Waals surface area contributed by atoms with E-state index in [1.807, 2.05) is 19.9 Å². The number of benzene rings is 2. The van der Waals surface area contributed by atoms with Crippen LogP contribution in [0.5, 0.6) is 5.75 Å². The summed E-state index contributed by atoms with van der Waals surface area (Å²) in [4.78, 5) is 26.0. The van der Waals surface area contributed by atoms with Crippen molar-refractivity contribution in [3.63, 3.8) is 0 Å². The third-order valence-electron chi connectivity index (χ3n) is 4.31. The summed E-state index contributed by atoms with van der Waals surface area (Å²) in [5.74, 6) is -1.61. The molecule has 8 heteroatoms. The van der Waals surface area contributed by atoms with Crippen LogP contribution in [-0.2, 0) is 0 Å². The molecule has 0 bridgehead atoms. The van der Waals surface area contributed by atoms with Crippen molar-refractivity contribution in [2.45, 2.75) is 53.4 Å². The standard InChI is InChI=1S/C22H25F3N2O3/c1-13-10-14(2)12-16(11-13)19(28)26-27(21(4,5)6)20(29)17-8-7-9-18(15(17)3)30-22(23,24)25/h7-12H,1-6H3,(H,26,28). The molecule has 0 saturated carbocycles. The molecule has 1 N–H and O–H groups in total. The number of carbonyl (C=O) groups is 2. The molecule has 2 amide bonds. The lowest BCUT2D eigenvalue weighted by molar-refractivity contribution is -0.274. The predicted molar refractivity (Wildman–Crippen MR) is 107 cm³/mol. The van der Waals surface area contributed by atoms with Gasteiger partial charge in [-0.2, -0.15) is 0 Å². The van der Waals surface area contributed by atoms with Crippen LogP contribution in [0.4, 0.5) is 13.2 Å². The summed E-state index contributed by atoms with van der Waals surface area (Å²) in [5.41, 5.74) is 3.93. The van der Waals surface area contributed by atoms with Gasteiger partial charge in [0.1, 0.15) is 5.75 Å². The maximum Gasteiger partial charge on any atom is 0.573 e. The molecular weight excluding hydrogens is 397 g/mol. The van der Waals surface area contributed by atoms with E-state index in [1.54, 1.807) is 32.9 Å². The molecule has 0 aliphatic carbocycles. The molecule has 0 heterocycles. The zero-order valence-electron chi connectivity index (χ0n) is 17.8. The van der Waals surface area contributed by atoms with E-state index in [0.717, 1.165) is 22.2 Å². The van der Waals surface area contributed by atoms with Crippen molar-refractivity contribution < 1.29 is 27.5 Å². The Kier molecular flexibility index (Phi) is 6.49. The van der Waals surface area contributed by atoms with Crippen LogP contribution in [0.25, 0.3) is 0 Å². The fourth-order valence-corrected chi connectivity index (χ4v) is 3.00. The number of halogens is 3. The quantitative estimate of drug-likeness (QED) is 0.701. The fraction of sp³-hybridized carbons (Fsp3) is 0.364. The smallest absolute Gasteiger partial charge is 0.405 e. The lowest BCUT2D eigenvalue weighted by Gasteiger charge is -2.36. The van der Waals surface area contributed by atoms with Gasteiger partial charge in [-0.1, -0.05) is 23.3 Å². The maximum absolute atomic E-state index is 13.2. The van der Waals surface area contributed by atoms with Crippen molar-refractivity contribution in [1.82, 2.24) is 10.4 Å². The molecular formula is C22H25F3N2O3. The van der Waals surface area contributed by atoms with E-state index in [2.05, 4.69) is 10.2 Å². The second-order valence-electron chi connectivity index (χ2n) is 8.11. The van der Waals surface area contributed by atoms with E-state index in [-0.39, 0.29) is 11.1 Å². The lowest BCUT2D eigenvalue weighted by Crippen LogP contribution is -2.56. The minimum absolute atomic E-state index is 0.00704. The first-order valence-electron chi connectivity index (χ1n) is 9.28. The van der Waals surface area contributed by atoms with Crippen LogP contribution < -0.4 is 10.2 Å². The summed E-state index contributed by atoms with van der Waals surface area (Å²) >= 11 is 0. The van der Waals surface area contributed by atoms with Crippen LogP contribution in [-0.4, -0.2) is 28.7 Å². The molecule has 2 aromatic carbocycles. The number of rotatable bonds is 3. The van der Waals surface area contributed by atoms with Gasteiger partial charge in [0.25, 0.3) is 11.8 Å². The number of hydrazine groups is 1. The third kappa shape index (κ3) is 5.75. The minimum Gasteiger partial charge on any atom is -0.405 e. The molecule has 162 valence electrons. The van der Waals surface area contributed by atoms with Gasteiger partial charge in [-0.05, 0) is 65.8 Å². The van der Waals surface area contributed by atoms with E-state index in [0.29, 0.717) is 5.56 Å². The Balaban J connectivity index is 2.40. The predicted octanol–water partition coefficient (Wildman–Crippen LogP) is 5.10. The number of hydrogen-bond acceptors (Lipinski definition) is 3. The summed E-state index contributed by atoms with van der Waals surface area (Å²) in [6.45, 7) is 10.2. The van der Waals surface area contributed by atoms with Gasteiger partial charge >= 0.3 is 6.36 Å². The lowest BCUT2D eigenvalue weighted by atomic mass is 10.0. The zero-order valence-corrected chi connectivity index (χ0v) is 17.8. The SMILES string of the molecule is Cc1cc(C)cc(C(=O)NN(C(=O)c2cccc(OC(F)(F)F)c2C)C(C)(C)C)c1.